The van der Waals surface area contributed by atoms with Crippen molar-refractivity contribution in [2.45, 2.75) is 20.0 Å². The van der Waals surface area contributed by atoms with Gasteiger partial charge in [-0.2, -0.15) is 0 Å². The van der Waals surface area contributed by atoms with E-state index in [1.54, 1.807) is 18.9 Å². The number of rotatable bonds is 4. The Morgan fingerprint density at radius 1 is 1.29 bits per heavy atom. The van der Waals surface area contributed by atoms with Crippen molar-refractivity contribution in [3.8, 4) is 5.75 Å². The van der Waals surface area contributed by atoms with Crippen LogP contribution in [0.15, 0.2) is 17.1 Å². The van der Waals surface area contributed by atoms with Crippen molar-refractivity contribution in [3.63, 3.8) is 0 Å². The lowest BCUT2D eigenvalue weighted by Crippen LogP contribution is -2.54. The van der Waals surface area contributed by atoms with E-state index in [1.807, 2.05) is 0 Å². The molecular weight excluding hydrogens is 367 g/mol. The molecule has 1 aromatic rings. The summed E-state index contributed by atoms with van der Waals surface area (Å²) in [6.07, 6.45) is 0.326. The molecule has 1 saturated heterocycles. The minimum Gasteiger partial charge on any atom is -0.467 e. The number of halogens is 1. The summed E-state index contributed by atoms with van der Waals surface area (Å²) in [5.41, 5.74) is 1.55. The quantitative estimate of drug-likeness (QED) is 0.617. The van der Waals surface area contributed by atoms with Gasteiger partial charge >= 0.3 is 6.09 Å². The van der Waals surface area contributed by atoms with E-state index in [1.165, 1.54) is 12.1 Å². The third kappa shape index (κ3) is 4.83. The van der Waals surface area contributed by atoms with E-state index in [2.05, 4.69) is 15.2 Å². The maximum Gasteiger partial charge on any atom is 0.409 e. The number of fused-ring (bicyclic) bond motifs is 1. The third-order valence-corrected chi connectivity index (χ3v) is 4.75. The molecule has 1 aromatic carbocycles. The van der Waals surface area contributed by atoms with E-state index in [0.717, 1.165) is 17.1 Å². The number of nitrogens with one attached hydrogen (secondary N) is 1. The van der Waals surface area contributed by atoms with Crippen LogP contribution in [-0.4, -0.2) is 75.0 Å². The van der Waals surface area contributed by atoms with Crippen LogP contribution < -0.4 is 10.1 Å². The molecule has 9 heteroatoms. The second-order valence-corrected chi connectivity index (χ2v) is 6.56. The SMILES string of the molecule is CCOC(=O)N1CCN(C(=NC)NCCc2cc(F)cc3c2OCOC3)CC1. The summed E-state index contributed by atoms with van der Waals surface area (Å²) in [6, 6.07) is 2.96. The van der Waals surface area contributed by atoms with E-state index in [-0.39, 0.29) is 18.7 Å². The van der Waals surface area contributed by atoms with Gasteiger partial charge in [0, 0.05) is 45.3 Å². The van der Waals surface area contributed by atoms with Gasteiger partial charge in [0.2, 0.25) is 0 Å². The van der Waals surface area contributed by atoms with Crippen LogP contribution >= 0.6 is 0 Å². The van der Waals surface area contributed by atoms with Crippen molar-refractivity contribution in [2.75, 3.05) is 53.2 Å². The topological polar surface area (TPSA) is 75.6 Å². The Bertz CT molecular complexity index is 720. The third-order valence-electron chi connectivity index (χ3n) is 4.75. The molecule has 3 rings (SSSR count). The van der Waals surface area contributed by atoms with Gasteiger partial charge in [0.05, 0.1) is 13.2 Å². The van der Waals surface area contributed by atoms with Gasteiger partial charge in [-0.3, -0.25) is 4.99 Å². The number of carbonyl (C=O) groups excluding carboxylic acids is 1. The van der Waals surface area contributed by atoms with Crippen LogP contribution in [0.2, 0.25) is 0 Å². The Hall–Kier alpha value is -2.55. The van der Waals surface area contributed by atoms with Crippen molar-refractivity contribution in [1.82, 2.24) is 15.1 Å². The van der Waals surface area contributed by atoms with E-state index in [4.69, 9.17) is 14.2 Å². The van der Waals surface area contributed by atoms with Crippen LogP contribution in [0.5, 0.6) is 5.75 Å². The lowest BCUT2D eigenvalue weighted by molar-refractivity contribution is -0.0172. The van der Waals surface area contributed by atoms with Gasteiger partial charge in [0.25, 0.3) is 0 Å². The lowest BCUT2D eigenvalue weighted by Gasteiger charge is -2.35. The fraction of sp³-hybridized carbons (Fsp3) is 0.579. The molecule has 0 aromatic heterocycles. The number of nitrogens with zero attached hydrogens (tertiary/aromatic N) is 3. The van der Waals surface area contributed by atoms with E-state index < -0.39 is 0 Å². The first kappa shape index (κ1) is 20.2. The highest BCUT2D eigenvalue weighted by Gasteiger charge is 2.24. The minimum absolute atomic E-state index is 0.186. The van der Waals surface area contributed by atoms with Crippen molar-refractivity contribution in [1.29, 1.82) is 0 Å². The van der Waals surface area contributed by atoms with Crippen LogP contribution in [0.3, 0.4) is 0 Å². The summed E-state index contributed by atoms with van der Waals surface area (Å²) in [5.74, 6) is 1.19. The lowest BCUT2D eigenvalue weighted by atomic mass is 10.1. The highest BCUT2D eigenvalue weighted by molar-refractivity contribution is 5.80. The summed E-state index contributed by atoms with van der Waals surface area (Å²) in [5, 5.41) is 3.32. The zero-order valence-corrected chi connectivity index (χ0v) is 16.4. The fourth-order valence-corrected chi connectivity index (χ4v) is 3.40. The zero-order valence-electron chi connectivity index (χ0n) is 16.4. The highest BCUT2D eigenvalue weighted by atomic mass is 19.1. The number of amides is 1. The molecule has 0 atom stereocenters. The molecule has 8 nitrogen and oxygen atoms in total. The molecule has 28 heavy (non-hydrogen) atoms. The number of ether oxygens (including phenoxy) is 3. The Morgan fingerprint density at radius 3 is 2.75 bits per heavy atom. The Balaban J connectivity index is 1.52. The summed E-state index contributed by atoms with van der Waals surface area (Å²) < 4.78 is 29.7. The first-order chi connectivity index (χ1) is 13.6. The largest absolute Gasteiger partial charge is 0.467 e. The smallest absolute Gasteiger partial charge is 0.409 e. The second-order valence-electron chi connectivity index (χ2n) is 6.56. The summed E-state index contributed by atoms with van der Waals surface area (Å²) >= 11 is 0. The Morgan fingerprint density at radius 2 is 2.04 bits per heavy atom. The van der Waals surface area contributed by atoms with Gasteiger partial charge in [-0.1, -0.05) is 0 Å². The molecule has 1 N–H and O–H groups in total. The highest BCUT2D eigenvalue weighted by Crippen LogP contribution is 2.29. The van der Waals surface area contributed by atoms with Gasteiger partial charge < -0.3 is 29.3 Å². The molecule has 0 bridgehead atoms. The molecule has 0 radical (unpaired) electrons. The zero-order chi connectivity index (χ0) is 19.9. The standard InChI is InChI=1S/C19H27FN4O4/c1-3-27-19(25)24-8-6-23(7-9-24)18(21-2)22-5-4-14-10-16(20)11-15-12-26-13-28-17(14)15/h10-11H,3-9,12-13H2,1-2H3,(H,21,22). The predicted molar refractivity (Wildman–Crippen MR) is 102 cm³/mol. The number of guanidine groups is 1. The first-order valence-corrected chi connectivity index (χ1v) is 9.51. The molecule has 0 spiro atoms. The van der Waals surface area contributed by atoms with Crippen LogP contribution in [0.4, 0.5) is 9.18 Å². The molecule has 2 heterocycles. The fourth-order valence-electron chi connectivity index (χ4n) is 3.40. The normalized spacial score (nSPS) is 17.0. The average Bonchev–Trinajstić information content (AvgIpc) is 2.71. The summed E-state index contributed by atoms with van der Waals surface area (Å²) in [7, 11) is 1.73. The predicted octanol–water partition coefficient (Wildman–Crippen LogP) is 1.58. The number of piperazine rings is 1. The number of hydrogen-bond acceptors (Lipinski definition) is 5. The minimum atomic E-state index is -0.290. The molecule has 0 aliphatic carbocycles. The number of benzene rings is 1. The molecule has 0 saturated carbocycles. The average molecular weight is 394 g/mol. The summed E-state index contributed by atoms with van der Waals surface area (Å²) in [6.45, 7) is 5.84. The van der Waals surface area contributed by atoms with E-state index in [9.17, 15) is 9.18 Å². The van der Waals surface area contributed by atoms with Crippen molar-refractivity contribution in [3.05, 3.63) is 29.1 Å². The van der Waals surface area contributed by atoms with Gasteiger partial charge in [-0.25, -0.2) is 9.18 Å². The van der Waals surface area contributed by atoms with Gasteiger partial charge in [0.1, 0.15) is 11.6 Å². The Kier molecular flexibility index (Phi) is 6.91. The van der Waals surface area contributed by atoms with E-state index in [0.29, 0.717) is 58.1 Å². The van der Waals surface area contributed by atoms with Crippen LogP contribution in [0, 0.1) is 5.82 Å². The van der Waals surface area contributed by atoms with Crippen LogP contribution in [-0.2, 0) is 22.5 Å². The first-order valence-electron chi connectivity index (χ1n) is 9.51. The second kappa shape index (κ2) is 9.59. The molecule has 154 valence electrons. The number of carbonyl (C=O) groups is 1. The molecule has 1 fully saturated rings. The van der Waals surface area contributed by atoms with Crippen molar-refractivity contribution < 1.29 is 23.4 Å². The van der Waals surface area contributed by atoms with Gasteiger partial charge in [-0.15, -0.1) is 0 Å². The molecule has 1 amide bonds. The Labute approximate surface area is 164 Å². The van der Waals surface area contributed by atoms with Crippen LogP contribution in [0.1, 0.15) is 18.1 Å². The van der Waals surface area contributed by atoms with Gasteiger partial charge in [-0.05, 0) is 31.0 Å². The van der Waals surface area contributed by atoms with Crippen molar-refractivity contribution >= 4 is 12.1 Å². The van der Waals surface area contributed by atoms with E-state index >= 15 is 0 Å². The number of aliphatic imine (C=N–C) groups is 1. The van der Waals surface area contributed by atoms with Gasteiger partial charge in [0.15, 0.2) is 12.8 Å². The summed E-state index contributed by atoms with van der Waals surface area (Å²) in [4.78, 5) is 19.9. The molecular formula is C19H27FN4O4. The molecule has 2 aliphatic heterocycles. The number of hydrogen-bond donors (Lipinski definition) is 1. The van der Waals surface area contributed by atoms with Crippen LogP contribution in [0.25, 0.3) is 0 Å². The maximum absolute atomic E-state index is 13.8. The molecule has 0 unspecified atom stereocenters. The molecule has 2 aliphatic rings. The van der Waals surface area contributed by atoms with Crippen molar-refractivity contribution in [2.24, 2.45) is 4.99 Å². The maximum atomic E-state index is 13.8. The monoisotopic (exact) mass is 394 g/mol.